The molecule has 1 radical (unpaired) electrons. The van der Waals surface area contributed by atoms with Gasteiger partial charge < -0.3 is 14.0 Å². The average Bonchev–Trinajstić information content (AvgIpc) is 3.64. The van der Waals surface area contributed by atoms with Crippen LogP contribution in [0.1, 0.15) is 5.69 Å². The van der Waals surface area contributed by atoms with Crippen LogP contribution in [0.25, 0.3) is 61.3 Å². The molecule has 0 aliphatic rings. The number of pyridine rings is 2. The van der Waals surface area contributed by atoms with Crippen molar-refractivity contribution < 1.29 is 24.5 Å². The van der Waals surface area contributed by atoms with Gasteiger partial charge in [-0.25, -0.2) is 0 Å². The molecule has 0 spiro atoms. The van der Waals surface area contributed by atoms with Crippen LogP contribution < -0.4 is 5.19 Å². The molecule has 0 fully saturated rings. The molecule has 0 unspecified atom stereocenters. The largest absolute Gasteiger partial charge is 0.501 e. The molecule has 0 aliphatic carbocycles. The van der Waals surface area contributed by atoms with Gasteiger partial charge in [0.25, 0.3) is 0 Å². The second kappa shape index (κ2) is 13.0. The Bertz CT molecular complexity index is 2250. The van der Waals surface area contributed by atoms with Gasteiger partial charge in [0.1, 0.15) is 5.58 Å². The van der Waals surface area contributed by atoms with E-state index in [2.05, 4.69) is 82.7 Å². The second-order valence-electron chi connectivity index (χ2n) is 12.1. The minimum atomic E-state index is -1.23. The van der Waals surface area contributed by atoms with E-state index < -0.39 is 8.07 Å². The normalized spacial score (nSPS) is 11.3. The molecule has 46 heavy (non-hydrogen) atoms. The van der Waals surface area contributed by atoms with Crippen molar-refractivity contribution in [1.29, 1.82) is 0 Å². The van der Waals surface area contributed by atoms with E-state index in [-0.39, 0.29) is 20.1 Å². The molecular formula is C39H32IrN4OSi-2. The van der Waals surface area contributed by atoms with Gasteiger partial charge in [-0.05, 0) is 42.1 Å². The summed E-state index contributed by atoms with van der Waals surface area (Å²) >= 11 is 0. The summed E-state index contributed by atoms with van der Waals surface area (Å²) < 4.78 is 8.40. The summed E-state index contributed by atoms with van der Waals surface area (Å²) in [5.41, 5.74) is 8.41. The Morgan fingerprint density at radius 1 is 0.739 bits per heavy atom. The van der Waals surface area contributed by atoms with E-state index in [0.29, 0.717) is 0 Å². The van der Waals surface area contributed by atoms with E-state index in [1.54, 1.807) is 0 Å². The summed E-state index contributed by atoms with van der Waals surface area (Å²) in [6.45, 7) is 8.99. The number of hydrogen-bond acceptors (Lipinski definition) is 4. The van der Waals surface area contributed by atoms with Crippen LogP contribution in [0.3, 0.4) is 0 Å². The minimum absolute atomic E-state index is 0. The van der Waals surface area contributed by atoms with Crippen molar-refractivity contribution in [2.45, 2.75) is 26.6 Å². The topological polar surface area (TPSA) is 56.7 Å². The van der Waals surface area contributed by atoms with E-state index in [0.717, 1.165) is 67.0 Å². The smallest absolute Gasteiger partial charge is 0.120 e. The number of para-hydroxylation sites is 2. The number of aromatic nitrogens is 4. The van der Waals surface area contributed by atoms with Crippen LogP contribution in [-0.2, 0) is 20.1 Å². The molecule has 4 aromatic heterocycles. The van der Waals surface area contributed by atoms with Gasteiger partial charge in [0.15, 0.2) is 0 Å². The average molecular weight is 793 g/mol. The Morgan fingerprint density at radius 3 is 2.26 bits per heavy atom. The molecular weight excluding hydrogens is 761 g/mol. The van der Waals surface area contributed by atoms with E-state index >= 15 is 0 Å². The Kier molecular flexibility index (Phi) is 8.83. The summed E-state index contributed by atoms with van der Waals surface area (Å²) in [7, 11) is -1.23. The molecule has 5 nitrogen and oxygen atoms in total. The number of furan rings is 1. The number of imidazole rings is 1. The fourth-order valence-electron chi connectivity index (χ4n) is 5.49. The van der Waals surface area contributed by atoms with Crippen LogP contribution in [0, 0.1) is 19.1 Å². The SMILES string of the molecule is C[Si](C)(C)c1ccc(-c2[c-]cccc2)nc1.Cc1cc2c(cn1)nc(-c1[c-]ccc3c1oc1ccccc13)n2-c1ccccc1.[Ir]. The van der Waals surface area contributed by atoms with Gasteiger partial charge in [-0.15, -0.1) is 54.1 Å². The number of rotatable bonds is 4. The number of fused-ring (bicyclic) bond motifs is 4. The Hall–Kier alpha value is -4.68. The van der Waals surface area contributed by atoms with E-state index in [1.807, 2.05) is 92.1 Å². The van der Waals surface area contributed by atoms with Gasteiger partial charge in [-0.1, -0.05) is 79.1 Å². The third kappa shape index (κ3) is 6.09. The summed E-state index contributed by atoms with van der Waals surface area (Å²) in [4.78, 5) is 13.9. The van der Waals surface area contributed by atoms with Crippen molar-refractivity contribution >= 4 is 46.2 Å². The first kappa shape index (κ1) is 31.3. The Labute approximate surface area is 283 Å². The summed E-state index contributed by atoms with van der Waals surface area (Å²) in [6, 6.07) is 43.2. The molecule has 229 valence electrons. The fraction of sp³-hybridized carbons (Fsp3) is 0.103. The molecule has 4 heterocycles. The maximum atomic E-state index is 6.25. The number of nitrogens with zero attached hydrogens (tertiary/aromatic N) is 4. The molecule has 8 rings (SSSR count). The van der Waals surface area contributed by atoms with Crippen molar-refractivity contribution in [2.75, 3.05) is 0 Å². The zero-order valence-corrected chi connectivity index (χ0v) is 29.5. The number of hydrogen-bond donors (Lipinski definition) is 0. The fourth-order valence-corrected chi connectivity index (χ4v) is 6.53. The van der Waals surface area contributed by atoms with E-state index in [1.165, 1.54) is 5.19 Å². The molecule has 0 atom stereocenters. The molecule has 0 saturated heterocycles. The van der Waals surface area contributed by atoms with Crippen LogP contribution in [0.15, 0.2) is 126 Å². The molecule has 0 aliphatic heterocycles. The van der Waals surface area contributed by atoms with E-state index in [4.69, 9.17) is 9.40 Å². The minimum Gasteiger partial charge on any atom is -0.501 e. The first-order chi connectivity index (χ1) is 21.9. The van der Waals surface area contributed by atoms with Crippen molar-refractivity contribution in [2.24, 2.45) is 0 Å². The quantitative estimate of drug-likeness (QED) is 0.132. The monoisotopic (exact) mass is 793 g/mol. The molecule has 0 bridgehead atoms. The molecule has 8 aromatic rings. The maximum Gasteiger partial charge on any atom is 0.120 e. The standard InChI is InChI=1S/C25H16N3O.C14H16NSi.Ir/c1-16-14-22-21(15-26-16)27-25(28(22)17-8-3-2-4-9-17)20-12-7-11-19-18-10-5-6-13-23(18)29-24(19)20;1-16(2,3)13-9-10-14(15-11-13)12-7-5-4-6-8-12;/h2-11,13-15H,1H3;4-7,9-11H,1-3H3;/q2*-1;. The van der Waals surface area contributed by atoms with E-state index in [9.17, 15) is 0 Å². The summed E-state index contributed by atoms with van der Waals surface area (Å²) in [6.07, 6.45) is 3.84. The van der Waals surface area contributed by atoms with Crippen LogP contribution >= 0.6 is 0 Å². The molecule has 7 heteroatoms. The third-order valence-corrected chi connectivity index (χ3v) is 9.90. The van der Waals surface area contributed by atoms with Gasteiger partial charge in [-0.3, -0.25) is 9.97 Å². The first-order valence-electron chi connectivity index (χ1n) is 15.0. The van der Waals surface area contributed by atoms with Crippen LogP contribution in [0.2, 0.25) is 19.6 Å². The number of benzene rings is 4. The van der Waals surface area contributed by atoms with Gasteiger partial charge in [-0.2, -0.15) is 0 Å². The number of aryl methyl sites for hydroxylation is 1. The third-order valence-electron chi connectivity index (χ3n) is 7.87. The Morgan fingerprint density at radius 2 is 1.52 bits per heavy atom. The Balaban J connectivity index is 0.000000187. The van der Waals surface area contributed by atoms with Gasteiger partial charge in [0.05, 0.1) is 36.7 Å². The summed E-state index contributed by atoms with van der Waals surface area (Å²) in [5.74, 6) is 0.795. The van der Waals surface area contributed by atoms with Crippen LogP contribution in [0.4, 0.5) is 0 Å². The van der Waals surface area contributed by atoms with Crippen molar-refractivity contribution in [1.82, 2.24) is 19.5 Å². The molecule has 0 saturated carbocycles. The van der Waals surface area contributed by atoms with Gasteiger partial charge >= 0.3 is 0 Å². The zero-order valence-electron chi connectivity index (χ0n) is 26.1. The second-order valence-corrected chi connectivity index (χ2v) is 17.2. The van der Waals surface area contributed by atoms with Crippen LogP contribution in [-0.4, -0.2) is 27.6 Å². The molecule has 0 N–H and O–H groups in total. The van der Waals surface area contributed by atoms with Crippen molar-refractivity contribution in [3.05, 3.63) is 139 Å². The zero-order chi connectivity index (χ0) is 31.0. The van der Waals surface area contributed by atoms with Crippen molar-refractivity contribution in [3.8, 4) is 28.3 Å². The predicted molar refractivity (Wildman–Crippen MR) is 187 cm³/mol. The van der Waals surface area contributed by atoms with Crippen LogP contribution in [0.5, 0.6) is 0 Å². The predicted octanol–water partition coefficient (Wildman–Crippen LogP) is 9.19. The summed E-state index contributed by atoms with van der Waals surface area (Å²) in [5, 5.41) is 3.56. The van der Waals surface area contributed by atoms with Crippen molar-refractivity contribution in [3.63, 3.8) is 0 Å². The molecule has 4 aromatic carbocycles. The van der Waals surface area contributed by atoms with Gasteiger partial charge in [0, 0.05) is 43.1 Å². The molecule has 0 amide bonds. The maximum absolute atomic E-state index is 6.25. The first-order valence-corrected chi connectivity index (χ1v) is 18.5. The van der Waals surface area contributed by atoms with Gasteiger partial charge in [0.2, 0.25) is 0 Å².